The number of nitrogens with one attached hydrogen (secondary N) is 2. The van der Waals surface area contributed by atoms with Gasteiger partial charge < -0.3 is 20.1 Å². The van der Waals surface area contributed by atoms with Crippen LogP contribution in [0, 0.1) is 5.92 Å². The van der Waals surface area contributed by atoms with Crippen molar-refractivity contribution in [3.8, 4) is 11.5 Å². The smallest absolute Gasteiger partial charge is 0.489 e. The van der Waals surface area contributed by atoms with Crippen molar-refractivity contribution in [2.45, 2.75) is 72.3 Å². The molecule has 0 bridgehead atoms. The minimum Gasteiger partial charge on any atom is -0.489 e. The van der Waals surface area contributed by atoms with E-state index in [-0.39, 0.29) is 24.2 Å². The van der Waals surface area contributed by atoms with Crippen molar-refractivity contribution in [1.82, 2.24) is 10.3 Å². The molecule has 2 N–H and O–H groups in total. The molecule has 6 nitrogen and oxygen atoms in total. The van der Waals surface area contributed by atoms with Gasteiger partial charge in [-0.25, -0.2) is 4.98 Å². The van der Waals surface area contributed by atoms with Crippen molar-refractivity contribution in [2.75, 3.05) is 11.9 Å². The van der Waals surface area contributed by atoms with Crippen LogP contribution in [0.5, 0.6) is 11.5 Å². The lowest BCUT2D eigenvalue weighted by Crippen LogP contribution is -2.26. The molecule has 0 saturated heterocycles. The van der Waals surface area contributed by atoms with Gasteiger partial charge in [-0.05, 0) is 71.8 Å². The minimum absolute atomic E-state index is 0.123. The van der Waals surface area contributed by atoms with Gasteiger partial charge in [0.05, 0.1) is 0 Å². The quantitative estimate of drug-likeness (QED) is 0.208. The molecule has 2 aromatic carbocycles. The Morgan fingerprint density at radius 2 is 1.70 bits per heavy atom. The second kappa shape index (κ2) is 14.6. The normalized spacial score (nSPS) is 12.2. The number of amides is 1. The minimum atomic E-state index is -4.73. The van der Waals surface area contributed by atoms with Crippen LogP contribution in [-0.2, 0) is 6.61 Å². The molecule has 0 fully saturated rings. The van der Waals surface area contributed by atoms with Gasteiger partial charge in [-0.15, -0.1) is 13.2 Å². The van der Waals surface area contributed by atoms with E-state index in [9.17, 15) is 18.0 Å². The highest BCUT2D eigenvalue weighted by Gasteiger charge is 2.30. The first-order valence-electron chi connectivity index (χ1n) is 13.7. The largest absolute Gasteiger partial charge is 0.573 e. The van der Waals surface area contributed by atoms with Crippen LogP contribution in [0.3, 0.4) is 0 Å². The van der Waals surface area contributed by atoms with E-state index in [4.69, 9.17) is 4.74 Å². The molecular formula is C31H38F3N3O3. The number of rotatable bonds is 14. The van der Waals surface area contributed by atoms with Gasteiger partial charge in [0.2, 0.25) is 0 Å². The molecule has 1 aromatic heterocycles. The molecule has 1 heterocycles. The number of hydrogen-bond acceptors (Lipinski definition) is 5. The van der Waals surface area contributed by atoms with Crippen LogP contribution in [0.25, 0.3) is 0 Å². The summed E-state index contributed by atoms with van der Waals surface area (Å²) in [4.78, 5) is 17.1. The molecule has 0 radical (unpaired) electrons. The molecule has 40 heavy (non-hydrogen) atoms. The third-order valence-corrected chi connectivity index (χ3v) is 6.60. The summed E-state index contributed by atoms with van der Waals surface area (Å²) in [7, 11) is 0. The summed E-state index contributed by atoms with van der Waals surface area (Å²) in [6.45, 7) is 9.32. The molecule has 0 aliphatic rings. The summed E-state index contributed by atoms with van der Waals surface area (Å²) >= 11 is 0. The molecule has 0 aliphatic heterocycles. The molecular weight excluding hydrogens is 519 g/mol. The molecule has 0 aliphatic carbocycles. The van der Waals surface area contributed by atoms with Crippen molar-refractivity contribution in [3.63, 3.8) is 0 Å². The third kappa shape index (κ3) is 9.77. The highest BCUT2D eigenvalue weighted by atomic mass is 19.4. The molecule has 216 valence electrons. The SMILES string of the molecule is CCCC(CC)CCNC(=O)c1ccnc(Nc2ccc(OCc3ccc(OC(F)(F)F)cc3)cc2C(C)C)c1. The average molecular weight is 558 g/mol. The Hall–Kier alpha value is -3.75. The Bertz CT molecular complexity index is 1230. The Labute approximate surface area is 234 Å². The van der Waals surface area contributed by atoms with Gasteiger partial charge in [0.15, 0.2) is 0 Å². The van der Waals surface area contributed by atoms with Crippen molar-refractivity contribution in [2.24, 2.45) is 5.92 Å². The number of anilines is 2. The fraction of sp³-hybridized carbons (Fsp3) is 0.419. The summed E-state index contributed by atoms with van der Waals surface area (Å²) < 4.78 is 46.9. The second-order valence-electron chi connectivity index (χ2n) is 10.0. The van der Waals surface area contributed by atoms with Crippen LogP contribution in [0.15, 0.2) is 60.8 Å². The van der Waals surface area contributed by atoms with Crippen molar-refractivity contribution >= 4 is 17.4 Å². The number of carbonyl (C=O) groups excluding carboxylic acids is 1. The fourth-order valence-electron chi connectivity index (χ4n) is 4.41. The van der Waals surface area contributed by atoms with E-state index >= 15 is 0 Å². The van der Waals surface area contributed by atoms with Gasteiger partial charge in [0.1, 0.15) is 23.9 Å². The van der Waals surface area contributed by atoms with E-state index in [1.165, 1.54) is 30.7 Å². The number of alkyl halides is 3. The maximum Gasteiger partial charge on any atom is 0.573 e. The van der Waals surface area contributed by atoms with Crippen LogP contribution < -0.4 is 20.1 Å². The second-order valence-corrected chi connectivity index (χ2v) is 10.0. The first-order chi connectivity index (χ1) is 19.1. The molecule has 3 rings (SSSR count). The van der Waals surface area contributed by atoms with Crippen LogP contribution in [0.4, 0.5) is 24.7 Å². The Morgan fingerprint density at radius 1 is 0.975 bits per heavy atom. The van der Waals surface area contributed by atoms with E-state index in [1.807, 2.05) is 18.2 Å². The predicted molar refractivity (Wildman–Crippen MR) is 151 cm³/mol. The first-order valence-corrected chi connectivity index (χ1v) is 13.7. The first kappa shape index (κ1) is 30.8. The lowest BCUT2D eigenvalue weighted by Gasteiger charge is -2.17. The van der Waals surface area contributed by atoms with Crippen LogP contribution in [-0.4, -0.2) is 23.8 Å². The van der Waals surface area contributed by atoms with Crippen molar-refractivity contribution in [1.29, 1.82) is 0 Å². The predicted octanol–water partition coefficient (Wildman–Crippen LogP) is 8.37. The Morgan fingerprint density at radius 3 is 2.35 bits per heavy atom. The van der Waals surface area contributed by atoms with Gasteiger partial charge in [-0.1, -0.05) is 59.1 Å². The number of halogens is 3. The maximum atomic E-state index is 12.7. The van der Waals surface area contributed by atoms with E-state index < -0.39 is 6.36 Å². The topological polar surface area (TPSA) is 72.5 Å². The molecule has 0 saturated carbocycles. The number of hydrogen-bond donors (Lipinski definition) is 2. The zero-order chi connectivity index (χ0) is 29.1. The summed E-state index contributed by atoms with van der Waals surface area (Å²) in [5.41, 5.74) is 3.08. The maximum absolute atomic E-state index is 12.7. The molecule has 1 unspecified atom stereocenters. The Kier molecular flexibility index (Phi) is 11.2. The van der Waals surface area contributed by atoms with Gasteiger partial charge in [-0.3, -0.25) is 4.79 Å². The van der Waals surface area contributed by atoms with Crippen molar-refractivity contribution < 1.29 is 27.4 Å². The summed E-state index contributed by atoms with van der Waals surface area (Å²) in [6, 6.07) is 14.6. The molecule has 1 amide bonds. The molecule has 9 heteroatoms. The van der Waals surface area contributed by atoms with Gasteiger partial charge in [-0.2, -0.15) is 0 Å². The summed E-state index contributed by atoms with van der Waals surface area (Å²) in [6.07, 6.45) is 1.29. The summed E-state index contributed by atoms with van der Waals surface area (Å²) in [5, 5.41) is 6.35. The van der Waals surface area contributed by atoms with Crippen LogP contribution in [0.2, 0.25) is 0 Å². The lowest BCUT2D eigenvalue weighted by molar-refractivity contribution is -0.274. The lowest BCUT2D eigenvalue weighted by atomic mass is 9.97. The van der Waals surface area contributed by atoms with E-state index in [1.54, 1.807) is 18.3 Å². The highest BCUT2D eigenvalue weighted by Crippen LogP contribution is 2.31. The third-order valence-electron chi connectivity index (χ3n) is 6.60. The zero-order valence-corrected chi connectivity index (χ0v) is 23.5. The number of ether oxygens (including phenoxy) is 2. The van der Waals surface area contributed by atoms with E-state index in [0.29, 0.717) is 35.2 Å². The average Bonchev–Trinajstić information content (AvgIpc) is 2.92. The highest BCUT2D eigenvalue weighted by molar-refractivity contribution is 5.94. The van der Waals surface area contributed by atoms with Crippen molar-refractivity contribution in [3.05, 3.63) is 77.5 Å². The number of benzene rings is 2. The number of aromatic nitrogens is 1. The van der Waals surface area contributed by atoms with E-state index in [0.717, 1.165) is 30.5 Å². The molecule has 1 atom stereocenters. The number of pyridine rings is 1. The molecule has 3 aromatic rings. The molecule has 0 spiro atoms. The van der Waals surface area contributed by atoms with E-state index in [2.05, 4.69) is 48.0 Å². The van der Waals surface area contributed by atoms with Crippen LogP contribution >= 0.6 is 0 Å². The summed E-state index contributed by atoms with van der Waals surface area (Å²) in [5.74, 6) is 1.57. The number of carbonyl (C=O) groups is 1. The number of nitrogens with zero attached hydrogens (tertiary/aromatic N) is 1. The monoisotopic (exact) mass is 557 g/mol. The fourth-order valence-corrected chi connectivity index (χ4v) is 4.41. The zero-order valence-electron chi connectivity index (χ0n) is 23.5. The Balaban J connectivity index is 1.62. The van der Waals surface area contributed by atoms with Gasteiger partial charge in [0, 0.05) is 24.0 Å². The van der Waals surface area contributed by atoms with Gasteiger partial charge in [0.25, 0.3) is 5.91 Å². The van der Waals surface area contributed by atoms with Crippen LogP contribution in [0.1, 0.15) is 80.8 Å². The van der Waals surface area contributed by atoms with Gasteiger partial charge >= 0.3 is 6.36 Å². The standard InChI is InChI=1S/C31H38F3N3O3/c1-5-7-22(6-2)14-16-36-30(38)24-15-17-35-29(18-24)37-28-13-12-26(19-27(28)21(3)4)39-20-23-8-10-25(11-9-23)40-31(32,33)34/h8-13,15,17-19,21-22H,5-7,14,16,20H2,1-4H3,(H,35,37)(H,36,38).